The summed E-state index contributed by atoms with van der Waals surface area (Å²) in [6.45, 7) is 7.99. The van der Waals surface area contributed by atoms with Crippen LogP contribution >= 0.6 is 11.6 Å². The molecule has 7 aliphatic rings. The maximum atomic E-state index is 14.3. The normalized spacial score (nSPS) is 43.7. The van der Waals surface area contributed by atoms with E-state index in [0.717, 1.165) is 0 Å². The number of carbonyl (C=O) groups is 4. The molecule has 44 heavy (non-hydrogen) atoms. The molecule has 5 aliphatic carbocycles. The van der Waals surface area contributed by atoms with E-state index in [9.17, 15) is 29.4 Å². The number of ether oxygens (including phenoxy) is 2. The molecule has 1 aromatic rings. The van der Waals surface area contributed by atoms with Crippen molar-refractivity contribution in [1.29, 1.82) is 0 Å². The number of aliphatic hydroxyl groups excluding tert-OH is 1. The van der Waals surface area contributed by atoms with Gasteiger partial charge in [0.1, 0.15) is 23.4 Å². The number of amides is 1. The third-order valence-corrected chi connectivity index (χ3v) is 12.7. The van der Waals surface area contributed by atoms with Gasteiger partial charge in [-0.05, 0) is 74.0 Å². The molecule has 10 heteroatoms. The van der Waals surface area contributed by atoms with Crippen LogP contribution in [0, 0.1) is 39.9 Å². The standard InChI is InChI=1S/C34H40ClNO8/c1-17-20-12-13-23-32-16-43-34(42,27(39)25(32)31(2,3)15-14-24(32)37)33(23,26(17)38)28(20)44-30(41)18-8-10-19(11-9-18)36-29(40)21-6-4-5-7-22(21)35/h4-7,18-20,23,25,27-28,39,42H,1,8-16H2,2-3H3,(H,36,40)/t18?,19?,20-,23-,25+,27-,28+,32+,33-,34+/m0/s1. The number of aliphatic hydroxyl groups is 2. The number of halogens is 1. The smallest absolute Gasteiger partial charge is 0.309 e. The number of ketones is 2. The quantitative estimate of drug-likeness (QED) is 0.339. The molecule has 5 saturated carbocycles. The lowest BCUT2D eigenvalue weighted by atomic mass is 9.36. The molecule has 1 amide bonds. The molecule has 236 valence electrons. The van der Waals surface area contributed by atoms with Crippen LogP contribution in [0.25, 0.3) is 0 Å². The van der Waals surface area contributed by atoms with Crippen molar-refractivity contribution in [2.75, 3.05) is 6.61 Å². The topological polar surface area (TPSA) is 139 Å². The number of rotatable bonds is 4. The Morgan fingerprint density at radius 2 is 1.80 bits per heavy atom. The summed E-state index contributed by atoms with van der Waals surface area (Å²) in [5, 5.41) is 27.6. The van der Waals surface area contributed by atoms with Crippen LogP contribution < -0.4 is 5.32 Å². The maximum Gasteiger partial charge on any atom is 0.309 e. The van der Waals surface area contributed by atoms with Gasteiger partial charge in [-0.2, -0.15) is 0 Å². The number of fused-ring (bicyclic) bond motifs is 2. The SMILES string of the molecule is C=C1C(=O)[C@]23[C@H](OC(=O)C4CCC(NC(=O)c5ccccc5Cl)CC4)[C@H]1CC[C@H]2[C@@]12CO[C@]3(O)[C@@H](O)[C@@H]1C(C)(C)CCC2=O. The second-order valence-electron chi connectivity index (χ2n) is 14.7. The molecule has 2 saturated heterocycles. The molecule has 8 atom stereocenters. The van der Waals surface area contributed by atoms with E-state index in [2.05, 4.69) is 11.9 Å². The zero-order valence-corrected chi connectivity index (χ0v) is 25.9. The van der Waals surface area contributed by atoms with E-state index in [4.69, 9.17) is 21.1 Å². The molecule has 9 nitrogen and oxygen atoms in total. The summed E-state index contributed by atoms with van der Waals surface area (Å²) in [4.78, 5) is 54.7. The average molecular weight is 626 g/mol. The number of benzene rings is 1. The molecule has 2 spiro atoms. The number of esters is 1. The van der Waals surface area contributed by atoms with Gasteiger partial charge in [-0.3, -0.25) is 19.2 Å². The first-order valence-electron chi connectivity index (χ1n) is 15.9. The largest absolute Gasteiger partial charge is 0.460 e. The monoisotopic (exact) mass is 625 g/mol. The molecule has 7 fully saturated rings. The Balaban J connectivity index is 1.14. The molecular formula is C34H40ClNO8. The van der Waals surface area contributed by atoms with Gasteiger partial charge in [0.15, 0.2) is 5.78 Å². The van der Waals surface area contributed by atoms with Crippen LogP contribution in [0.4, 0.5) is 0 Å². The Bertz CT molecular complexity index is 1470. The minimum absolute atomic E-state index is 0.0574. The Kier molecular flexibility index (Phi) is 6.81. The summed E-state index contributed by atoms with van der Waals surface area (Å²) in [7, 11) is 0. The van der Waals surface area contributed by atoms with Gasteiger partial charge in [0.25, 0.3) is 5.91 Å². The van der Waals surface area contributed by atoms with Gasteiger partial charge < -0.3 is 25.0 Å². The zero-order valence-electron chi connectivity index (χ0n) is 25.1. The van der Waals surface area contributed by atoms with Gasteiger partial charge in [0, 0.05) is 24.3 Å². The van der Waals surface area contributed by atoms with Crippen LogP contribution in [-0.4, -0.2) is 64.3 Å². The van der Waals surface area contributed by atoms with Gasteiger partial charge in [-0.25, -0.2) is 0 Å². The highest BCUT2D eigenvalue weighted by Gasteiger charge is 2.88. The van der Waals surface area contributed by atoms with Crippen molar-refractivity contribution in [3.05, 3.63) is 47.0 Å². The number of Topliss-reactive ketones (excluding diaryl/α,β-unsaturated/α-hetero) is 2. The van der Waals surface area contributed by atoms with E-state index in [1.165, 1.54) is 0 Å². The Labute approximate surface area is 261 Å². The summed E-state index contributed by atoms with van der Waals surface area (Å²) in [5.74, 6) is -5.84. The van der Waals surface area contributed by atoms with E-state index in [1.807, 2.05) is 13.8 Å². The van der Waals surface area contributed by atoms with Gasteiger partial charge in [-0.1, -0.05) is 44.2 Å². The number of nitrogens with one attached hydrogen (secondary N) is 1. The lowest BCUT2D eigenvalue weighted by Crippen LogP contribution is -2.85. The van der Waals surface area contributed by atoms with E-state index < -0.39 is 69.7 Å². The van der Waals surface area contributed by atoms with Crippen LogP contribution in [0.2, 0.25) is 5.02 Å². The van der Waals surface area contributed by atoms with Crippen molar-refractivity contribution < 1.29 is 38.9 Å². The highest BCUT2D eigenvalue weighted by atomic mass is 35.5. The fourth-order valence-electron chi connectivity index (χ4n) is 10.4. The third kappa shape index (κ3) is 3.70. The summed E-state index contributed by atoms with van der Waals surface area (Å²) in [6, 6.07) is 6.70. The fraction of sp³-hybridized carbons (Fsp3) is 0.647. The van der Waals surface area contributed by atoms with Crippen LogP contribution in [0.5, 0.6) is 0 Å². The van der Waals surface area contributed by atoms with Crippen molar-refractivity contribution in [2.45, 2.75) is 89.3 Å². The first kappa shape index (κ1) is 30.1. The minimum atomic E-state index is -2.32. The van der Waals surface area contributed by atoms with Crippen LogP contribution in [-0.2, 0) is 23.9 Å². The maximum absolute atomic E-state index is 14.3. The molecule has 4 bridgehead atoms. The summed E-state index contributed by atoms with van der Waals surface area (Å²) in [5.41, 5.74) is -2.80. The summed E-state index contributed by atoms with van der Waals surface area (Å²) >= 11 is 6.18. The Hall–Kier alpha value is -2.59. The molecule has 0 unspecified atom stereocenters. The van der Waals surface area contributed by atoms with E-state index in [1.54, 1.807) is 24.3 Å². The Morgan fingerprint density at radius 1 is 1.09 bits per heavy atom. The second-order valence-corrected chi connectivity index (χ2v) is 15.1. The van der Waals surface area contributed by atoms with Crippen molar-refractivity contribution >= 4 is 35.0 Å². The highest BCUT2D eigenvalue weighted by molar-refractivity contribution is 6.33. The summed E-state index contributed by atoms with van der Waals surface area (Å²) in [6.07, 6.45) is 1.26. The van der Waals surface area contributed by atoms with Gasteiger partial charge >= 0.3 is 5.97 Å². The first-order chi connectivity index (χ1) is 20.8. The van der Waals surface area contributed by atoms with E-state index >= 15 is 0 Å². The van der Waals surface area contributed by atoms with Crippen molar-refractivity contribution in [3.63, 3.8) is 0 Å². The predicted molar refractivity (Wildman–Crippen MR) is 158 cm³/mol. The van der Waals surface area contributed by atoms with Crippen molar-refractivity contribution in [2.24, 2.45) is 39.9 Å². The molecular weight excluding hydrogens is 586 g/mol. The predicted octanol–water partition coefficient (Wildman–Crippen LogP) is 3.78. The van der Waals surface area contributed by atoms with Gasteiger partial charge in [-0.15, -0.1) is 0 Å². The molecule has 0 radical (unpaired) electrons. The molecule has 8 rings (SSSR count). The third-order valence-electron chi connectivity index (χ3n) is 12.4. The second kappa shape index (κ2) is 9.95. The average Bonchev–Trinajstić information content (AvgIpc) is 3.10. The molecule has 2 aliphatic heterocycles. The van der Waals surface area contributed by atoms with E-state index in [-0.39, 0.29) is 29.9 Å². The van der Waals surface area contributed by atoms with Crippen LogP contribution in [0.1, 0.15) is 75.6 Å². The van der Waals surface area contributed by atoms with Crippen molar-refractivity contribution in [3.8, 4) is 0 Å². The van der Waals surface area contributed by atoms with Gasteiger partial charge in [0.2, 0.25) is 5.79 Å². The fourth-order valence-corrected chi connectivity index (χ4v) is 10.6. The molecule has 0 aromatic heterocycles. The lowest BCUT2D eigenvalue weighted by molar-refractivity contribution is -0.437. The number of hydrogen-bond donors (Lipinski definition) is 3. The zero-order chi connectivity index (χ0) is 31.4. The Morgan fingerprint density at radius 3 is 2.50 bits per heavy atom. The van der Waals surface area contributed by atoms with E-state index in [0.29, 0.717) is 62.0 Å². The highest BCUT2D eigenvalue weighted by Crippen LogP contribution is 2.76. The number of carbonyl (C=O) groups excluding carboxylic acids is 4. The van der Waals surface area contributed by atoms with Crippen LogP contribution in [0.15, 0.2) is 36.4 Å². The molecule has 2 heterocycles. The van der Waals surface area contributed by atoms with Crippen molar-refractivity contribution in [1.82, 2.24) is 5.32 Å². The summed E-state index contributed by atoms with van der Waals surface area (Å²) < 4.78 is 12.3. The lowest BCUT2D eigenvalue weighted by Gasteiger charge is -2.73. The molecule has 1 aromatic carbocycles. The first-order valence-corrected chi connectivity index (χ1v) is 16.3. The number of hydrogen-bond acceptors (Lipinski definition) is 8. The minimum Gasteiger partial charge on any atom is -0.460 e. The van der Waals surface area contributed by atoms with Crippen LogP contribution in [0.3, 0.4) is 0 Å². The van der Waals surface area contributed by atoms with Gasteiger partial charge in [0.05, 0.1) is 28.5 Å². The molecule has 3 N–H and O–H groups in total.